The van der Waals surface area contributed by atoms with Crippen molar-refractivity contribution in [1.82, 2.24) is 15.2 Å². The molecular weight excluding hydrogens is 192 g/mol. The first kappa shape index (κ1) is 8.64. The number of carbonyl (C=O) groups is 1. The van der Waals surface area contributed by atoms with Crippen LogP contribution in [0.4, 0.5) is 0 Å². The van der Waals surface area contributed by atoms with Crippen molar-refractivity contribution in [3.05, 3.63) is 18.0 Å². The fourth-order valence-electron chi connectivity index (χ4n) is 2.02. The normalized spacial score (nSPS) is 28.1. The van der Waals surface area contributed by atoms with E-state index >= 15 is 0 Å². The van der Waals surface area contributed by atoms with Crippen molar-refractivity contribution < 1.29 is 4.79 Å². The third kappa shape index (κ3) is 1.26. The van der Waals surface area contributed by atoms with Gasteiger partial charge >= 0.3 is 0 Å². The van der Waals surface area contributed by atoms with Crippen LogP contribution in [0, 0.1) is 11.8 Å². The number of hydrazone groups is 1. The van der Waals surface area contributed by atoms with Gasteiger partial charge < -0.3 is 0 Å². The Kier molecular flexibility index (Phi) is 1.68. The molecule has 1 amide bonds. The van der Waals surface area contributed by atoms with Crippen LogP contribution < -0.4 is 5.43 Å². The van der Waals surface area contributed by atoms with Crippen molar-refractivity contribution in [2.24, 2.45) is 16.9 Å². The molecule has 1 aromatic heterocycles. The average Bonchev–Trinajstić information content (AvgIpc) is 2.91. The second kappa shape index (κ2) is 2.92. The third-order valence-corrected chi connectivity index (χ3v) is 3.02. The van der Waals surface area contributed by atoms with Crippen molar-refractivity contribution in [2.45, 2.75) is 19.9 Å². The number of nitrogens with one attached hydrogen (secondary N) is 1. The lowest BCUT2D eigenvalue weighted by Crippen LogP contribution is -2.28. The molecule has 0 saturated heterocycles. The first-order valence-electron chi connectivity index (χ1n) is 5.20. The zero-order valence-electron chi connectivity index (χ0n) is 8.47. The van der Waals surface area contributed by atoms with E-state index in [1.54, 1.807) is 0 Å². The highest BCUT2D eigenvalue weighted by Gasteiger charge is 2.49. The number of carbonyl (C=O) groups excluding carboxylic acids is 1. The highest BCUT2D eigenvalue weighted by molar-refractivity contribution is 6.09. The van der Waals surface area contributed by atoms with Gasteiger partial charge in [-0.1, -0.05) is 0 Å². The van der Waals surface area contributed by atoms with Gasteiger partial charge in [-0.3, -0.25) is 9.48 Å². The molecule has 5 nitrogen and oxygen atoms in total. The predicted octanol–water partition coefficient (Wildman–Crippen LogP) is 0.373. The van der Waals surface area contributed by atoms with E-state index in [9.17, 15) is 4.79 Å². The molecule has 1 aromatic rings. The highest BCUT2D eigenvalue weighted by atomic mass is 16.2. The summed E-state index contributed by atoms with van der Waals surface area (Å²) in [4.78, 5) is 11.2. The summed E-state index contributed by atoms with van der Waals surface area (Å²) in [5.74, 6) is 0.544. The van der Waals surface area contributed by atoms with Crippen LogP contribution in [-0.4, -0.2) is 21.4 Å². The molecule has 0 spiro atoms. The molecule has 0 aromatic carbocycles. The first-order chi connectivity index (χ1) is 7.29. The van der Waals surface area contributed by atoms with Gasteiger partial charge in [0, 0.05) is 30.1 Å². The minimum atomic E-state index is 0.0617. The van der Waals surface area contributed by atoms with Crippen LogP contribution in [0.15, 0.2) is 17.5 Å². The molecule has 78 valence electrons. The van der Waals surface area contributed by atoms with Crippen molar-refractivity contribution in [3.8, 4) is 0 Å². The van der Waals surface area contributed by atoms with E-state index in [0.717, 1.165) is 24.2 Å². The van der Waals surface area contributed by atoms with E-state index in [1.165, 1.54) is 0 Å². The molecule has 15 heavy (non-hydrogen) atoms. The molecule has 2 heterocycles. The number of hydrogen-bond donors (Lipinski definition) is 1. The summed E-state index contributed by atoms with van der Waals surface area (Å²) in [6.07, 6.45) is 4.73. The Balaban J connectivity index is 1.91. The average molecular weight is 204 g/mol. The SMILES string of the molecule is CCn1cc(C2=NNC(=O)[C@@H]3C[C@H]23)cn1. The number of nitrogens with zero attached hydrogens (tertiary/aromatic N) is 3. The molecule has 5 heteroatoms. The van der Waals surface area contributed by atoms with Crippen LogP contribution >= 0.6 is 0 Å². The lowest BCUT2D eigenvalue weighted by Gasteiger charge is -2.09. The molecule has 1 aliphatic heterocycles. The summed E-state index contributed by atoms with van der Waals surface area (Å²) in [5.41, 5.74) is 4.58. The van der Waals surface area contributed by atoms with E-state index in [4.69, 9.17) is 0 Å². The molecule has 0 radical (unpaired) electrons. The zero-order chi connectivity index (χ0) is 10.4. The Morgan fingerprint density at radius 1 is 1.60 bits per heavy atom. The van der Waals surface area contributed by atoms with E-state index in [1.807, 2.05) is 24.0 Å². The maximum Gasteiger partial charge on any atom is 0.243 e. The molecule has 1 fully saturated rings. The Bertz CT molecular complexity index is 448. The molecule has 2 aliphatic rings. The van der Waals surface area contributed by atoms with Crippen LogP contribution in [0.3, 0.4) is 0 Å². The van der Waals surface area contributed by atoms with Crippen molar-refractivity contribution in [2.75, 3.05) is 0 Å². The standard InChI is InChI=1S/C10H12N4O/c1-2-14-5-6(4-11-14)9-7-3-8(7)10(15)13-12-9/h4-5,7-8H,2-3H2,1H3,(H,13,15)/t7-,8+/m0/s1. The maximum atomic E-state index is 11.2. The Labute approximate surface area is 87.2 Å². The third-order valence-electron chi connectivity index (χ3n) is 3.02. The van der Waals surface area contributed by atoms with Gasteiger partial charge in [-0.15, -0.1) is 0 Å². The summed E-state index contributed by atoms with van der Waals surface area (Å²) < 4.78 is 1.87. The minimum absolute atomic E-state index is 0.0617. The van der Waals surface area contributed by atoms with Crippen molar-refractivity contribution >= 4 is 11.6 Å². The summed E-state index contributed by atoms with van der Waals surface area (Å²) in [7, 11) is 0. The number of fused-ring (bicyclic) bond motifs is 1. The first-order valence-corrected chi connectivity index (χ1v) is 5.20. The van der Waals surface area contributed by atoms with Crippen LogP contribution in [0.1, 0.15) is 18.9 Å². The quantitative estimate of drug-likeness (QED) is 0.756. The van der Waals surface area contributed by atoms with E-state index in [2.05, 4.69) is 15.6 Å². The molecule has 0 bridgehead atoms. The number of rotatable bonds is 2. The summed E-state index contributed by atoms with van der Waals surface area (Å²) >= 11 is 0. The van der Waals surface area contributed by atoms with Crippen molar-refractivity contribution in [3.63, 3.8) is 0 Å². The molecule has 0 unspecified atom stereocenters. The van der Waals surface area contributed by atoms with Gasteiger partial charge in [0.05, 0.1) is 11.9 Å². The van der Waals surface area contributed by atoms with Gasteiger partial charge in [-0.25, -0.2) is 5.43 Å². The monoisotopic (exact) mass is 204 g/mol. The summed E-state index contributed by atoms with van der Waals surface area (Å²) in [5, 5.41) is 8.32. The minimum Gasteiger partial charge on any atom is -0.273 e. The Hall–Kier alpha value is -1.65. The topological polar surface area (TPSA) is 59.3 Å². The Morgan fingerprint density at radius 3 is 3.20 bits per heavy atom. The molecule has 1 N–H and O–H groups in total. The number of amides is 1. The number of aromatic nitrogens is 2. The summed E-state index contributed by atoms with van der Waals surface area (Å²) in [6.45, 7) is 2.90. The van der Waals surface area contributed by atoms with E-state index < -0.39 is 0 Å². The van der Waals surface area contributed by atoms with Crippen LogP contribution in [0.5, 0.6) is 0 Å². The maximum absolute atomic E-state index is 11.2. The smallest absolute Gasteiger partial charge is 0.243 e. The number of aryl methyl sites for hydroxylation is 1. The lowest BCUT2D eigenvalue weighted by atomic mass is 10.1. The zero-order valence-corrected chi connectivity index (χ0v) is 8.47. The van der Waals surface area contributed by atoms with Crippen LogP contribution in [0.25, 0.3) is 0 Å². The van der Waals surface area contributed by atoms with Crippen LogP contribution in [0.2, 0.25) is 0 Å². The fourth-order valence-corrected chi connectivity index (χ4v) is 2.02. The van der Waals surface area contributed by atoms with Gasteiger partial charge in [0.25, 0.3) is 0 Å². The predicted molar refractivity (Wildman–Crippen MR) is 54.2 cm³/mol. The van der Waals surface area contributed by atoms with Gasteiger partial charge in [0.15, 0.2) is 0 Å². The molecule has 1 aliphatic carbocycles. The molecule has 3 rings (SSSR count). The highest BCUT2D eigenvalue weighted by Crippen LogP contribution is 2.43. The molecular formula is C10H12N4O. The lowest BCUT2D eigenvalue weighted by molar-refractivity contribution is -0.122. The summed E-state index contributed by atoms with van der Waals surface area (Å²) in [6, 6.07) is 0. The van der Waals surface area contributed by atoms with E-state index in [-0.39, 0.29) is 11.8 Å². The molecule has 1 saturated carbocycles. The van der Waals surface area contributed by atoms with Crippen molar-refractivity contribution in [1.29, 1.82) is 0 Å². The van der Waals surface area contributed by atoms with E-state index in [0.29, 0.717) is 5.92 Å². The van der Waals surface area contributed by atoms with Gasteiger partial charge in [-0.2, -0.15) is 10.2 Å². The number of hydrogen-bond acceptors (Lipinski definition) is 3. The largest absolute Gasteiger partial charge is 0.273 e. The Morgan fingerprint density at radius 2 is 2.47 bits per heavy atom. The van der Waals surface area contributed by atoms with Gasteiger partial charge in [-0.05, 0) is 13.3 Å². The second-order valence-electron chi connectivity index (χ2n) is 4.01. The second-order valence-corrected chi connectivity index (χ2v) is 4.01. The van der Waals surface area contributed by atoms with Gasteiger partial charge in [0.1, 0.15) is 0 Å². The molecule has 2 atom stereocenters. The fraction of sp³-hybridized carbons (Fsp3) is 0.500. The van der Waals surface area contributed by atoms with Crippen LogP contribution in [-0.2, 0) is 11.3 Å². The van der Waals surface area contributed by atoms with Gasteiger partial charge in [0.2, 0.25) is 5.91 Å².